The minimum Gasteiger partial charge on any atom is -0.382 e. The average Bonchev–Trinajstić information content (AvgIpc) is 3.17. The maximum absolute atomic E-state index is 5.64. The third-order valence-electron chi connectivity index (χ3n) is 6.13. The molecule has 1 saturated heterocycles. The van der Waals surface area contributed by atoms with Crippen LogP contribution < -0.4 is 10.2 Å². The second-order valence-electron chi connectivity index (χ2n) is 8.36. The molecule has 2 aromatic rings. The van der Waals surface area contributed by atoms with Crippen LogP contribution in [0.4, 0.5) is 5.82 Å². The molecule has 2 aliphatic rings. The number of fused-ring (bicyclic) bond motifs is 3. The number of hydrogen-bond acceptors (Lipinski definition) is 6. The molecule has 1 N–H and O–H groups in total. The Morgan fingerprint density at radius 2 is 1.94 bits per heavy atom. The molecular weight excluding hydrogens is 426 g/mol. The van der Waals surface area contributed by atoms with Crippen LogP contribution in [0.15, 0.2) is 0 Å². The number of piperazine rings is 1. The van der Waals surface area contributed by atoms with Crippen LogP contribution in [0, 0.1) is 0 Å². The largest absolute Gasteiger partial charge is 0.382 e. The number of nitrogens with one attached hydrogen (secondary N) is 1. The molecule has 170 valence electrons. The van der Waals surface area contributed by atoms with E-state index in [-0.39, 0.29) is 0 Å². The first-order valence-corrected chi connectivity index (χ1v) is 13.1. The molecule has 8 heteroatoms. The molecule has 0 unspecified atom stereocenters. The van der Waals surface area contributed by atoms with Crippen LogP contribution in [0.5, 0.6) is 0 Å². The lowest BCUT2D eigenvalue weighted by Gasteiger charge is -2.37. The number of aryl methyl sites for hydroxylation is 3. The van der Waals surface area contributed by atoms with Crippen molar-refractivity contribution in [1.82, 2.24) is 20.2 Å². The standard InChI is InChI=1S/C23H35N5OS2/c1-3-8-19-25-21(20-17-9-5-6-10-18(17)31-22(20)26-19)27-12-14-28(15-13-27)23(30)24-11-7-16-29-4-2/h3-16H2,1-2H3,(H,24,30). The number of thiocarbonyl (C=S) groups is 1. The van der Waals surface area contributed by atoms with Crippen molar-refractivity contribution in [2.75, 3.05) is 50.8 Å². The number of thiophene rings is 1. The molecule has 0 amide bonds. The van der Waals surface area contributed by atoms with E-state index in [1.54, 1.807) is 4.88 Å². The highest BCUT2D eigenvalue weighted by Crippen LogP contribution is 2.40. The number of nitrogens with zero attached hydrogens (tertiary/aromatic N) is 4. The van der Waals surface area contributed by atoms with Crippen molar-refractivity contribution in [2.24, 2.45) is 0 Å². The fraction of sp³-hybridized carbons (Fsp3) is 0.696. The van der Waals surface area contributed by atoms with Gasteiger partial charge in [-0.1, -0.05) is 6.92 Å². The number of anilines is 1. The quantitative estimate of drug-likeness (QED) is 0.472. The monoisotopic (exact) mass is 461 g/mol. The van der Waals surface area contributed by atoms with E-state index in [0.29, 0.717) is 0 Å². The minimum absolute atomic E-state index is 0.774. The molecule has 0 bridgehead atoms. The first-order chi connectivity index (χ1) is 15.2. The van der Waals surface area contributed by atoms with E-state index >= 15 is 0 Å². The van der Waals surface area contributed by atoms with Crippen LogP contribution in [0.1, 0.15) is 55.8 Å². The van der Waals surface area contributed by atoms with Crippen LogP contribution >= 0.6 is 23.6 Å². The summed E-state index contributed by atoms with van der Waals surface area (Å²) >= 11 is 7.55. The predicted octanol–water partition coefficient (Wildman–Crippen LogP) is 3.95. The van der Waals surface area contributed by atoms with Crippen LogP contribution in [-0.2, 0) is 24.0 Å². The molecule has 1 fully saturated rings. The third-order valence-corrected chi connectivity index (χ3v) is 7.72. The zero-order chi connectivity index (χ0) is 21.6. The van der Waals surface area contributed by atoms with Gasteiger partial charge in [0.25, 0.3) is 0 Å². The van der Waals surface area contributed by atoms with E-state index in [1.807, 2.05) is 18.3 Å². The first-order valence-electron chi connectivity index (χ1n) is 11.9. The SMILES string of the molecule is CCCc1nc(N2CCN(C(=S)NCCCOCC)CC2)c2c3c(sc2n1)CCCC3. The van der Waals surface area contributed by atoms with E-state index < -0.39 is 0 Å². The smallest absolute Gasteiger partial charge is 0.169 e. The van der Waals surface area contributed by atoms with Crippen LogP contribution in [0.2, 0.25) is 0 Å². The van der Waals surface area contributed by atoms with Crippen molar-refractivity contribution < 1.29 is 4.74 Å². The summed E-state index contributed by atoms with van der Waals surface area (Å²) in [4.78, 5) is 17.5. The van der Waals surface area contributed by atoms with E-state index in [4.69, 9.17) is 26.9 Å². The predicted molar refractivity (Wildman–Crippen MR) is 134 cm³/mol. The summed E-state index contributed by atoms with van der Waals surface area (Å²) in [7, 11) is 0. The Kier molecular flexibility index (Phi) is 7.96. The highest BCUT2D eigenvalue weighted by molar-refractivity contribution is 7.80. The highest BCUT2D eigenvalue weighted by atomic mass is 32.1. The molecule has 0 spiro atoms. The Balaban J connectivity index is 1.45. The van der Waals surface area contributed by atoms with E-state index in [1.165, 1.54) is 47.3 Å². The molecule has 0 atom stereocenters. The van der Waals surface area contributed by atoms with E-state index in [2.05, 4.69) is 22.0 Å². The maximum Gasteiger partial charge on any atom is 0.169 e. The Morgan fingerprint density at radius 3 is 2.71 bits per heavy atom. The number of aromatic nitrogens is 2. The van der Waals surface area contributed by atoms with Crippen LogP contribution in [-0.4, -0.2) is 65.9 Å². The molecule has 6 nitrogen and oxygen atoms in total. The van der Waals surface area contributed by atoms with Crippen molar-refractivity contribution >= 4 is 44.7 Å². The molecule has 3 heterocycles. The zero-order valence-corrected chi connectivity index (χ0v) is 20.5. The fourth-order valence-electron chi connectivity index (χ4n) is 4.49. The summed E-state index contributed by atoms with van der Waals surface area (Å²) in [6, 6.07) is 0. The summed E-state index contributed by atoms with van der Waals surface area (Å²) < 4.78 is 5.40. The second kappa shape index (κ2) is 10.9. The van der Waals surface area contributed by atoms with E-state index in [9.17, 15) is 0 Å². The van der Waals surface area contributed by atoms with Gasteiger partial charge in [0.05, 0.1) is 5.39 Å². The summed E-state index contributed by atoms with van der Waals surface area (Å²) in [6.07, 6.45) is 7.97. The van der Waals surface area contributed by atoms with Gasteiger partial charge in [-0.2, -0.15) is 0 Å². The molecule has 0 saturated carbocycles. The fourth-order valence-corrected chi connectivity index (χ4v) is 6.05. The van der Waals surface area contributed by atoms with Gasteiger partial charge in [0.1, 0.15) is 16.5 Å². The third kappa shape index (κ3) is 5.29. The number of rotatable bonds is 8. The van der Waals surface area contributed by atoms with Gasteiger partial charge in [0.15, 0.2) is 5.11 Å². The number of hydrogen-bond donors (Lipinski definition) is 1. The molecule has 0 aromatic carbocycles. The Hall–Kier alpha value is -1.51. The maximum atomic E-state index is 5.64. The van der Waals surface area contributed by atoms with Gasteiger partial charge in [-0.25, -0.2) is 9.97 Å². The molecule has 1 aliphatic carbocycles. The topological polar surface area (TPSA) is 53.5 Å². The van der Waals surface area contributed by atoms with Crippen molar-refractivity contribution in [1.29, 1.82) is 0 Å². The first kappa shape index (κ1) is 22.7. The van der Waals surface area contributed by atoms with Gasteiger partial charge < -0.3 is 19.9 Å². The summed E-state index contributed by atoms with van der Waals surface area (Å²) in [5.41, 5.74) is 1.53. The molecule has 4 rings (SSSR count). The second-order valence-corrected chi connectivity index (χ2v) is 9.83. The summed E-state index contributed by atoms with van der Waals surface area (Å²) in [6.45, 7) is 10.4. The van der Waals surface area contributed by atoms with Gasteiger partial charge in [-0.15, -0.1) is 11.3 Å². The van der Waals surface area contributed by atoms with Crippen molar-refractivity contribution in [3.05, 3.63) is 16.3 Å². The van der Waals surface area contributed by atoms with Gasteiger partial charge in [-0.05, 0) is 63.2 Å². The Bertz CT molecular complexity index is 892. The van der Waals surface area contributed by atoms with Crippen LogP contribution in [0.3, 0.4) is 0 Å². The zero-order valence-electron chi connectivity index (χ0n) is 18.9. The normalized spacial score (nSPS) is 16.6. The van der Waals surface area contributed by atoms with Gasteiger partial charge in [0.2, 0.25) is 0 Å². The average molecular weight is 462 g/mol. The molecule has 0 radical (unpaired) electrons. The highest BCUT2D eigenvalue weighted by Gasteiger charge is 2.26. The van der Waals surface area contributed by atoms with Gasteiger partial charge in [-0.3, -0.25) is 0 Å². The van der Waals surface area contributed by atoms with Crippen molar-refractivity contribution in [2.45, 2.75) is 58.8 Å². The minimum atomic E-state index is 0.774. The lowest BCUT2D eigenvalue weighted by atomic mass is 9.97. The van der Waals surface area contributed by atoms with Gasteiger partial charge in [0, 0.05) is 57.2 Å². The lowest BCUT2D eigenvalue weighted by molar-refractivity contribution is 0.145. The molecule has 2 aromatic heterocycles. The Labute approximate surface area is 195 Å². The van der Waals surface area contributed by atoms with E-state index in [0.717, 1.165) is 76.1 Å². The summed E-state index contributed by atoms with van der Waals surface area (Å²) in [5.74, 6) is 2.17. The molecule has 31 heavy (non-hydrogen) atoms. The van der Waals surface area contributed by atoms with Crippen molar-refractivity contribution in [3.63, 3.8) is 0 Å². The van der Waals surface area contributed by atoms with Crippen LogP contribution in [0.25, 0.3) is 10.2 Å². The molecule has 1 aliphatic heterocycles. The summed E-state index contributed by atoms with van der Waals surface area (Å²) in [5, 5.41) is 5.60. The van der Waals surface area contributed by atoms with Gasteiger partial charge >= 0.3 is 0 Å². The molecular formula is C23H35N5OS2. The number of ether oxygens (including phenoxy) is 1. The van der Waals surface area contributed by atoms with Crippen molar-refractivity contribution in [3.8, 4) is 0 Å². The Morgan fingerprint density at radius 1 is 1.13 bits per heavy atom. The lowest BCUT2D eigenvalue weighted by Crippen LogP contribution is -2.52.